The van der Waals surface area contributed by atoms with Gasteiger partial charge in [-0.25, -0.2) is 4.98 Å². The number of aromatic nitrogens is 2. The molecule has 1 unspecified atom stereocenters. The maximum Gasteiger partial charge on any atom is 0.255 e. The number of rotatable bonds is 1. The van der Waals surface area contributed by atoms with Crippen molar-refractivity contribution < 1.29 is 0 Å². The predicted octanol–water partition coefficient (Wildman–Crippen LogP) is 1.11. The van der Waals surface area contributed by atoms with E-state index in [1.807, 2.05) is 0 Å². The van der Waals surface area contributed by atoms with E-state index in [-0.39, 0.29) is 5.56 Å². The monoisotopic (exact) mass is 200 g/mol. The molecule has 0 saturated carbocycles. The third-order valence-corrected chi connectivity index (χ3v) is 4.35. The average molecular weight is 200 g/mol. The molecule has 64 valence electrons. The molecule has 2 rings (SSSR count). The second-order valence-corrected chi connectivity index (χ2v) is 5.03. The molecule has 5 heteroatoms. The van der Waals surface area contributed by atoms with Crippen LogP contribution in [0.5, 0.6) is 0 Å². The first kappa shape index (κ1) is 8.19. The van der Waals surface area contributed by atoms with E-state index in [4.69, 9.17) is 0 Å². The van der Waals surface area contributed by atoms with E-state index in [1.165, 1.54) is 6.33 Å². The van der Waals surface area contributed by atoms with Crippen molar-refractivity contribution in [1.29, 1.82) is 0 Å². The zero-order chi connectivity index (χ0) is 8.55. The van der Waals surface area contributed by atoms with Gasteiger partial charge < -0.3 is 4.98 Å². The summed E-state index contributed by atoms with van der Waals surface area (Å²) >= 11 is 3.45. The number of aromatic amines is 1. The van der Waals surface area contributed by atoms with Gasteiger partial charge in [-0.2, -0.15) is 11.8 Å². The van der Waals surface area contributed by atoms with Crippen LogP contribution >= 0.6 is 23.5 Å². The molecule has 0 bridgehead atoms. The van der Waals surface area contributed by atoms with Crippen LogP contribution in [0.3, 0.4) is 0 Å². The second kappa shape index (κ2) is 3.14. The van der Waals surface area contributed by atoms with Crippen LogP contribution in [0.2, 0.25) is 0 Å². The number of thioether (sulfide) groups is 2. The van der Waals surface area contributed by atoms with E-state index in [2.05, 4.69) is 16.2 Å². The highest BCUT2D eigenvalue weighted by molar-refractivity contribution is 8.16. The molecule has 1 aromatic heterocycles. The topological polar surface area (TPSA) is 45.8 Å². The Morgan fingerprint density at radius 2 is 2.67 bits per heavy atom. The summed E-state index contributed by atoms with van der Waals surface area (Å²) in [5.74, 6) is 0. The number of H-pyrrole nitrogens is 1. The Balaban J connectivity index is 2.42. The molecule has 1 atom stereocenters. The minimum Gasteiger partial charge on any atom is -0.313 e. The summed E-state index contributed by atoms with van der Waals surface area (Å²) in [6.45, 7) is 0. The summed E-state index contributed by atoms with van der Waals surface area (Å²) in [6.07, 6.45) is 4.36. The van der Waals surface area contributed by atoms with Gasteiger partial charge in [0.2, 0.25) is 0 Å². The fraction of sp³-hybridized carbons (Fsp3) is 0.429. The fourth-order valence-electron chi connectivity index (χ4n) is 1.16. The van der Waals surface area contributed by atoms with E-state index in [0.717, 1.165) is 17.0 Å². The van der Waals surface area contributed by atoms with Crippen LogP contribution in [-0.2, 0) is 6.42 Å². The van der Waals surface area contributed by atoms with E-state index in [0.29, 0.717) is 4.58 Å². The molecule has 1 N–H and O–H groups in total. The van der Waals surface area contributed by atoms with Crippen LogP contribution in [0.15, 0.2) is 16.1 Å². The first-order valence-corrected chi connectivity index (χ1v) is 5.74. The summed E-state index contributed by atoms with van der Waals surface area (Å²) in [4.78, 5) is 18.0. The predicted molar refractivity (Wildman–Crippen MR) is 51.7 cm³/mol. The lowest BCUT2D eigenvalue weighted by molar-refractivity contribution is 0.940. The molecule has 0 spiro atoms. The van der Waals surface area contributed by atoms with Crippen molar-refractivity contribution in [3.63, 3.8) is 0 Å². The van der Waals surface area contributed by atoms with Crippen molar-refractivity contribution in [2.75, 3.05) is 6.26 Å². The van der Waals surface area contributed by atoms with E-state index in [1.54, 1.807) is 23.5 Å². The van der Waals surface area contributed by atoms with Gasteiger partial charge in [-0.15, -0.1) is 0 Å². The van der Waals surface area contributed by atoms with Crippen LogP contribution in [-0.4, -0.2) is 20.8 Å². The minimum absolute atomic E-state index is 0.0176. The van der Waals surface area contributed by atoms with Crippen molar-refractivity contribution in [3.05, 3.63) is 22.2 Å². The van der Waals surface area contributed by atoms with Gasteiger partial charge in [0.25, 0.3) is 5.56 Å². The van der Waals surface area contributed by atoms with Gasteiger partial charge in [0.15, 0.2) is 0 Å². The number of nitrogens with zero attached hydrogens (tertiary/aromatic N) is 1. The number of hydrogen-bond donors (Lipinski definition) is 1. The first-order valence-electron chi connectivity index (χ1n) is 3.57. The first-order chi connectivity index (χ1) is 5.81. The van der Waals surface area contributed by atoms with E-state index < -0.39 is 0 Å². The molecule has 1 aliphatic heterocycles. The molecule has 0 aromatic carbocycles. The smallest absolute Gasteiger partial charge is 0.255 e. The van der Waals surface area contributed by atoms with Crippen molar-refractivity contribution in [2.45, 2.75) is 16.0 Å². The normalized spacial score (nSPS) is 20.9. The van der Waals surface area contributed by atoms with Crippen LogP contribution in [0.4, 0.5) is 0 Å². The zero-order valence-corrected chi connectivity index (χ0v) is 8.17. The Bertz CT molecular complexity index is 350. The lowest BCUT2D eigenvalue weighted by atomic mass is 10.3. The van der Waals surface area contributed by atoms with Crippen LogP contribution in [0, 0.1) is 0 Å². The number of hydrogen-bond acceptors (Lipinski definition) is 4. The third-order valence-electron chi connectivity index (χ3n) is 1.79. The summed E-state index contributed by atoms with van der Waals surface area (Å²) in [6, 6.07) is 0. The molecule has 0 radical (unpaired) electrons. The molecule has 0 amide bonds. The summed E-state index contributed by atoms with van der Waals surface area (Å²) < 4.78 is 0.469. The molecule has 0 aliphatic carbocycles. The summed E-state index contributed by atoms with van der Waals surface area (Å²) in [7, 11) is 0. The molecule has 0 fully saturated rings. The lowest BCUT2D eigenvalue weighted by Gasteiger charge is -1.99. The Morgan fingerprint density at radius 3 is 3.33 bits per heavy atom. The van der Waals surface area contributed by atoms with Gasteiger partial charge in [0, 0.05) is 6.42 Å². The Morgan fingerprint density at radius 1 is 1.83 bits per heavy atom. The van der Waals surface area contributed by atoms with Gasteiger partial charge in [0.1, 0.15) is 5.03 Å². The lowest BCUT2D eigenvalue weighted by Crippen LogP contribution is -2.12. The second-order valence-electron chi connectivity index (χ2n) is 2.50. The minimum atomic E-state index is 0.0176. The molecule has 1 aliphatic rings. The summed E-state index contributed by atoms with van der Waals surface area (Å²) in [5.41, 5.74) is 0.867. The van der Waals surface area contributed by atoms with Crippen molar-refractivity contribution in [2.24, 2.45) is 0 Å². The highest BCUT2D eigenvalue weighted by Crippen LogP contribution is 2.38. The molecular weight excluding hydrogens is 192 g/mol. The Kier molecular flexibility index (Phi) is 2.14. The van der Waals surface area contributed by atoms with Gasteiger partial charge in [-0.05, 0) is 6.26 Å². The molecule has 12 heavy (non-hydrogen) atoms. The van der Waals surface area contributed by atoms with E-state index in [9.17, 15) is 4.79 Å². The fourth-order valence-corrected chi connectivity index (χ4v) is 3.08. The van der Waals surface area contributed by atoms with Crippen LogP contribution in [0.1, 0.15) is 5.56 Å². The van der Waals surface area contributed by atoms with Crippen LogP contribution < -0.4 is 5.56 Å². The van der Waals surface area contributed by atoms with Crippen molar-refractivity contribution in [1.82, 2.24) is 9.97 Å². The average Bonchev–Trinajstić information content (AvgIpc) is 2.49. The maximum absolute atomic E-state index is 11.3. The SMILES string of the molecule is CSC1Cc2c(nc[nH]c2=O)S1. The Labute approximate surface area is 78.4 Å². The Hall–Kier alpha value is -0.420. The molecule has 2 heterocycles. The molecule has 3 nitrogen and oxygen atoms in total. The van der Waals surface area contributed by atoms with Crippen LogP contribution in [0.25, 0.3) is 0 Å². The zero-order valence-electron chi connectivity index (χ0n) is 6.53. The summed E-state index contributed by atoms with van der Waals surface area (Å²) in [5, 5.41) is 0.901. The number of fused-ring (bicyclic) bond motifs is 1. The molecule has 1 aromatic rings. The molecular formula is C7H8N2OS2. The largest absolute Gasteiger partial charge is 0.313 e. The maximum atomic E-state index is 11.3. The standard InChI is InChI=1S/C7H8N2OS2/c1-11-5-2-4-6(10)8-3-9-7(4)12-5/h3,5H,2H2,1H3,(H,8,9,10). The van der Waals surface area contributed by atoms with Crippen molar-refractivity contribution in [3.8, 4) is 0 Å². The van der Waals surface area contributed by atoms with Crippen molar-refractivity contribution >= 4 is 23.5 Å². The van der Waals surface area contributed by atoms with Gasteiger partial charge >= 0.3 is 0 Å². The molecule has 0 saturated heterocycles. The quantitative estimate of drug-likeness (QED) is 0.690. The van der Waals surface area contributed by atoms with Gasteiger partial charge in [0.05, 0.1) is 16.5 Å². The highest BCUT2D eigenvalue weighted by atomic mass is 32.2. The third kappa shape index (κ3) is 1.27. The highest BCUT2D eigenvalue weighted by Gasteiger charge is 2.24. The van der Waals surface area contributed by atoms with E-state index >= 15 is 0 Å². The number of nitrogens with one attached hydrogen (secondary N) is 1. The van der Waals surface area contributed by atoms with Gasteiger partial charge in [-0.3, -0.25) is 4.79 Å². The van der Waals surface area contributed by atoms with Gasteiger partial charge in [-0.1, -0.05) is 11.8 Å².